The molecule has 0 aliphatic carbocycles. The van der Waals surface area contributed by atoms with Crippen LogP contribution in [0.3, 0.4) is 0 Å². The molecule has 2 rings (SSSR count). The summed E-state index contributed by atoms with van der Waals surface area (Å²) < 4.78 is 35.6. The highest BCUT2D eigenvalue weighted by Crippen LogP contribution is 2.22. The Morgan fingerprint density at radius 2 is 1.86 bits per heavy atom. The first-order valence-corrected chi connectivity index (χ1v) is 8.09. The molecule has 0 atom stereocenters. The van der Waals surface area contributed by atoms with Crippen molar-refractivity contribution < 1.29 is 22.5 Å². The van der Waals surface area contributed by atoms with E-state index in [2.05, 4.69) is 0 Å². The average Bonchev–Trinajstić information content (AvgIpc) is 2.94. The molecule has 21 heavy (non-hydrogen) atoms. The van der Waals surface area contributed by atoms with Crippen LogP contribution < -0.4 is 4.74 Å². The summed E-state index contributed by atoms with van der Waals surface area (Å²) in [6.45, 7) is 0. The first kappa shape index (κ1) is 15.4. The number of ether oxygens (including phenoxy) is 1. The fourth-order valence-electron chi connectivity index (χ4n) is 1.57. The molecular weight excluding hydrogens is 312 g/mol. The van der Waals surface area contributed by atoms with Gasteiger partial charge in [0.1, 0.15) is 9.96 Å². The van der Waals surface area contributed by atoms with Crippen LogP contribution in [0.2, 0.25) is 0 Å². The molecule has 1 aromatic carbocycles. The Morgan fingerprint density at radius 3 is 2.38 bits per heavy atom. The Hall–Kier alpha value is -1.96. The summed E-state index contributed by atoms with van der Waals surface area (Å²) in [4.78, 5) is 12.5. The zero-order valence-electron chi connectivity index (χ0n) is 11.0. The van der Waals surface area contributed by atoms with Gasteiger partial charge >= 0.3 is 10.1 Å². The van der Waals surface area contributed by atoms with Gasteiger partial charge in [-0.1, -0.05) is 0 Å². The standard InChI is InChI=1S/C14H12O5S2/c1-19-11-4-2-10(3-5-11)13(15)8-6-12-7-9-14(20-12)21(16,17)18/h2-9H,1H3,(H,16,17,18)/b8-6+. The molecule has 0 saturated heterocycles. The Morgan fingerprint density at radius 1 is 1.19 bits per heavy atom. The summed E-state index contributed by atoms with van der Waals surface area (Å²) in [5.41, 5.74) is 0.499. The molecule has 0 radical (unpaired) electrons. The van der Waals surface area contributed by atoms with Gasteiger partial charge in [0, 0.05) is 10.4 Å². The minimum atomic E-state index is -4.19. The third-order valence-corrected chi connectivity index (χ3v) is 5.00. The van der Waals surface area contributed by atoms with E-state index in [-0.39, 0.29) is 9.99 Å². The van der Waals surface area contributed by atoms with Gasteiger partial charge in [-0.15, -0.1) is 11.3 Å². The van der Waals surface area contributed by atoms with Crippen LogP contribution in [0.15, 0.2) is 46.7 Å². The maximum Gasteiger partial charge on any atom is 0.304 e. The van der Waals surface area contributed by atoms with Gasteiger partial charge in [-0.05, 0) is 48.6 Å². The quantitative estimate of drug-likeness (QED) is 0.519. The van der Waals surface area contributed by atoms with Crippen LogP contribution in [-0.2, 0) is 10.1 Å². The molecule has 1 aromatic heterocycles. The molecule has 0 fully saturated rings. The summed E-state index contributed by atoms with van der Waals surface area (Å²) in [5.74, 6) is 0.450. The second-order valence-electron chi connectivity index (χ2n) is 4.06. The summed E-state index contributed by atoms with van der Waals surface area (Å²) in [6.07, 6.45) is 2.85. The molecule has 1 N–H and O–H groups in total. The largest absolute Gasteiger partial charge is 0.497 e. The van der Waals surface area contributed by atoms with Crippen molar-refractivity contribution in [3.63, 3.8) is 0 Å². The fraction of sp³-hybridized carbons (Fsp3) is 0.0714. The van der Waals surface area contributed by atoms with Gasteiger partial charge in [0.15, 0.2) is 5.78 Å². The van der Waals surface area contributed by atoms with E-state index < -0.39 is 10.1 Å². The third kappa shape index (κ3) is 4.01. The smallest absolute Gasteiger partial charge is 0.304 e. The number of carbonyl (C=O) groups is 1. The number of allylic oxidation sites excluding steroid dienone is 1. The van der Waals surface area contributed by atoms with E-state index in [1.807, 2.05) is 0 Å². The number of hydrogen-bond donors (Lipinski definition) is 1. The van der Waals surface area contributed by atoms with E-state index in [0.29, 0.717) is 16.2 Å². The first-order valence-electron chi connectivity index (χ1n) is 5.84. The lowest BCUT2D eigenvalue weighted by atomic mass is 10.1. The van der Waals surface area contributed by atoms with Crippen LogP contribution in [0.4, 0.5) is 0 Å². The summed E-state index contributed by atoms with van der Waals surface area (Å²) in [7, 11) is -2.65. The third-order valence-electron chi connectivity index (χ3n) is 2.63. The minimum absolute atomic E-state index is 0.154. The lowest BCUT2D eigenvalue weighted by molar-refractivity contribution is 0.104. The van der Waals surface area contributed by atoms with E-state index in [0.717, 1.165) is 11.3 Å². The van der Waals surface area contributed by atoms with Crippen molar-refractivity contribution in [2.24, 2.45) is 0 Å². The monoisotopic (exact) mass is 324 g/mol. The van der Waals surface area contributed by atoms with Crippen molar-refractivity contribution >= 4 is 33.3 Å². The number of carbonyl (C=O) groups excluding carboxylic acids is 1. The molecule has 0 spiro atoms. The first-order chi connectivity index (χ1) is 9.90. The van der Waals surface area contributed by atoms with Crippen molar-refractivity contribution in [3.05, 3.63) is 52.9 Å². The maximum atomic E-state index is 11.9. The van der Waals surface area contributed by atoms with Crippen LogP contribution in [0.25, 0.3) is 6.08 Å². The number of rotatable bonds is 5. The lowest BCUT2D eigenvalue weighted by Crippen LogP contribution is -1.94. The van der Waals surface area contributed by atoms with Crippen molar-refractivity contribution in [1.82, 2.24) is 0 Å². The molecule has 0 aliphatic rings. The average molecular weight is 324 g/mol. The van der Waals surface area contributed by atoms with Gasteiger partial charge in [0.05, 0.1) is 7.11 Å². The van der Waals surface area contributed by atoms with Gasteiger partial charge in [-0.3, -0.25) is 9.35 Å². The van der Waals surface area contributed by atoms with Gasteiger partial charge in [0.25, 0.3) is 0 Å². The molecule has 0 bridgehead atoms. The molecule has 0 unspecified atom stereocenters. The lowest BCUT2D eigenvalue weighted by Gasteiger charge is -1.99. The maximum absolute atomic E-state index is 11.9. The zero-order chi connectivity index (χ0) is 15.5. The SMILES string of the molecule is COc1ccc(C(=O)/C=C/c2ccc(S(=O)(=O)O)s2)cc1. The van der Waals surface area contributed by atoms with E-state index in [9.17, 15) is 13.2 Å². The number of thiophene rings is 1. The van der Waals surface area contributed by atoms with Gasteiger partial charge in [-0.2, -0.15) is 8.42 Å². The van der Waals surface area contributed by atoms with Crippen LogP contribution in [0.1, 0.15) is 15.2 Å². The molecule has 0 saturated carbocycles. The number of ketones is 1. The molecule has 110 valence electrons. The second-order valence-corrected chi connectivity index (χ2v) is 6.82. The number of methoxy groups -OCH3 is 1. The second kappa shape index (κ2) is 6.21. The Balaban J connectivity index is 2.13. The summed E-state index contributed by atoms with van der Waals surface area (Å²) in [5, 5.41) is 0. The molecule has 7 heteroatoms. The Labute approximate surface area is 126 Å². The van der Waals surface area contributed by atoms with Crippen LogP contribution in [0.5, 0.6) is 5.75 Å². The highest BCUT2D eigenvalue weighted by molar-refractivity contribution is 7.88. The van der Waals surface area contributed by atoms with Crippen LogP contribution in [-0.4, -0.2) is 25.9 Å². The molecule has 0 aliphatic heterocycles. The molecular formula is C14H12O5S2. The summed E-state index contributed by atoms with van der Waals surface area (Å²) in [6, 6.07) is 9.46. The number of benzene rings is 1. The Kier molecular flexibility index (Phi) is 4.56. The predicted molar refractivity (Wildman–Crippen MR) is 80.5 cm³/mol. The van der Waals surface area contributed by atoms with Crippen molar-refractivity contribution in [2.45, 2.75) is 4.21 Å². The van der Waals surface area contributed by atoms with E-state index in [1.165, 1.54) is 24.3 Å². The predicted octanol–water partition coefficient (Wildman–Crippen LogP) is 2.90. The molecule has 0 amide bonds. The zero-order valence-corrected chi connectivity index (χ0v) is 12.6. The normalized spacial score (nSPS) is 11.7. The van der Waals surface area contributed by atoms with Crippen LogP contribution >= 0.6 is 11.3 Å². The van der Waals surface area contributed by atoms with Crippen molar-refractivity contribution in [2.75, 3.05) is 7.11 Å². The van der Waals surface area contributed by atoms with Crippen LogP contribution in [0, 0.1) is 0 Å². The molecule has 5 nitrogen and oxygen atoms in total. The van der Waals surface area contributed by atoms with E-state index in [4.69, 9.17) is 9.29 Å². The highest BCUT2D eigenvalue weighted by atomic mass is 32.3. The highest BCUT2D eigenvalue weighted by Gasteiger charge is 2.11. The number of hydrogen-bond acceptors (Lipinski definition) is 5. The van der Waals surface area contributed by atoms with Gasteiger partial charge in [0.2, 0.25) is 0 Å². The van der Waals surface area contributed by atoms with Crippen molar-refractivity contribution in [3.8, 4) is 5.75 Å². The topological polar surface area (TPSA) is 80.7 Å². The Bertz CT molecular complexity index is 770. The van der Waals surface area contributed by atoms with Gasteiger partial charge in [-0.25, -0.2) is 0 Å². The fourth-order valence-corrected chi connectivity index (χ4v) is 3.16. The van der Waals surface area contributed by atoms with Crippen molar-refractivity contribution in [1.29, 1.82) is 0 Å². The van der Waals surface area contributed by atoms with E-state index in [1.54, 1.807) is 31.4 Å². The minimum Gasteiger partial charge on any atom is -0.497 e. The molecule has 1 heterocycles. The molecule has 2 aromatic rings. The van der Waals surface area contributed by atoms with E-state index >= 15 is 0 Å². The van der Waals surface area contributed by atoms with Gasteiger partial charge < -0.3 is 4.74 Å². The summed E-state index contributed by atoms with van der Waals surface area (Å²) >= 11 is 0.886.